The fraction of sp³-hybridized carbons (Fsp3) is 0.480. The zero-order valence-corrected chi connectivity index (χ0v) is 19.9. The Bertz CT molecular complexity index is 1130. The number of methoxy groups -OCH3 is 1. The Balaban J connectivity index is 1.40. The molecule has 34 heavy (non-hydrogen) atoms. The lowest BCUT2D eigenvalue weighted by molar-refractivity contribution is 0.0596. The van der Waals surface area contributed by atoms with Crippen molar-refractivity contribution in [2.24, 2.45) is 11.8 Å². The molecule has 7 nitrogen and oxygen atoms in total. The van der Waals surface area contributed by atoms with Gasteiger partial charge in [-0.05, 0) is 73.0 Å². The number of β-amino-alcohol motifs (C(OH)–C–C–N with tert-alkyl or cyclic N) is 1. The first-order chi connectivity index (χ1) is 16.5. The first-order valence-electron chi connectivity index (χ1n) is 11.7. The normalized spacial score (nSPS) is 24.0. The minimum absolute atomic E-state index is 0.111. The third-order valence-electron chi connectivity index (χ3n) is 7.06. The molecule has 2 aliphatic heterocycles. The highest BCUT2D eigenvalue weighted by Gasteiger charge is 2.45. The molecule has 3 aliphatic rings. The molecule has 0 spiro atoms. The van der Waals surface area contributed by atoms with E-state index < -0.39 is 17.0 Å². The van der Waals surface area contributed by atoms with Gasteiger partial charge in [-0.25, -0.2) is 13.4 Å². The predicted octanol–water partition coefficient (Wildman–Crippen LogP) is 3.10. The van der Waals surface area contributed by atoms with E-state index in [9.17, 15) is 18.5 Å². The van der Waals surface area contributed by atoms with E-state index in [1.165, 1.54) is 25.3 Å². The van der Waals surface area contributed by atoms with E-state index in [0.29, 0.717) is 59.2 Å². The summed E-state index contributed by atoms with van der Waals surface area (Å²) < 4.78 is 41.4. The van der Waals surface area contributed by atoms with Crippen LogP contribution in [0.4, 0.5) is 10.1 Å². The second-order valence-electron chi connectivity index (χ2n) is 9.32. The van der Waals surface area contributed by atoms with Crippen LogP contribution in [0, 0.1) is 17.7 Å². The van der Waals surface area contributed by atoms with E-state index in [1.807, 2.05) is 6.07 Å². The summed E-state index contributed by atoms with van der Waals surface area (Å²) in [5.41, 5.74) is 2.28. The maximum absolute atomic E-state index is 14.1. The second-order valence-corrected chi connectivity index (χ2v) is 10.5. The Labute approximate surface area is 200 Å². The van der Waals surface area contributed by atoms with Crippen LogP contribution in [0.1, 0.15) is 40.2 Å². The largest absolute Gasteiger partial charge is 0.492 e. The molecule has 0 aromatic heterocycles. The van der Waals surface area contributed by atoms with Gasteiger partial charge in [0.2, 0.25) is 0 Å². The van der Waals surface area contributed by atoms with Crippen LogP contribution in [-0.2, 0) is 22.1 Å². The predicted molar refractivity (Wildman–Crippen MR) is 126 cm³/mol. The number of benzene rings is 2. The van der Waals surface area contributed by atoms with Crippen LogP contribution < -0.4 is 9.46 Å². The summed E-state index contributed by atoms with van der Waals surface area (Å²) >= 11 is 0. The van der Waals surface area contributed by atoms with Gasteiger partial charge in [0.15, 0.2) is 11.0 Å². The highest BCUT2D eigenvalue weighted by molar-refractivity contribution is 7.86. The average Bonchev–Trinajstić information content (AvgIpc) is 3.50. The molecule has 0 amide bonds. The second kappa shape index (κ2) is 9.64. The molecule has 0 radical (unpaired) electrons. The van der Waals surface area contributed by atoms with Crippen LogP contribution in [0.2, 0.25) is 0 Å². The van der Waals surface area contributed by atoms with E-state index in [-0.39, 0.29) is 18.0 Å². The number of anilines is 1. The quantitative estimate of drug-likeness (QED) is 0.556. The number of nitrogens with zero attached hydrogens (tertiary/aromatic N) is 1. The van der Waals surface area contributed by atoms with Gasteiger partial charge in [0.1, 0.15) is 17.1 Å². The van der Waals surface area contributed by atoms with Crippen molar-refractivity contribution < 1.29 is 28.0 Å². The highest BCUT2D eigenvalue weighted by Crippen LogP contribution is 2.55. The van der Waals surface area contributed by atoms with Crippen LogP contribution in [0.3, 0.4) is 0 Å². The molecule has 2 heterocycles. The lowest BCUT2D eigenvalue weighted by Gasteiger charge is -2.22. The number of hydrogen-bond donors (Lipinski definition) is 2. The standard InChI is InChI=1S/C25H29FN2O5S/c1-32-25(30)23-21(4-3-19-20-12-17(20)14-33-24(19)23)27-34(31)22-5-2-18(26)11-16(22)10-15-6-7-28(13-15)8-9-29/h2-5,11,15,17,20,27,29H,6-10,12-14H2,1H3. The van der Waals surface area contributed by atoms with Crippen molar-refractivity contribution in [3.05, 3.63) is 52.8 Å². The maximum Gasteiger partial charge on any atom is 0.343 e. The van der Waals surface area contributed by atoms with Gasteiger partial charge in [-0.3, -0.25) is 0 Å². The summed E-state index contributed by atoms with van der Waals surface area (Å²) in [6, 6.07) is 7.95. The summed E-state index contributed by atoms with van der Waals surface area (Å²) in [6.45, 7) is 2.99. The van der Waals surface area contributed by atoms with Crippen LogP contribution in [0.5, 0.6) is 5.75 Å². The van der Waals surface area contributed by atoms with Gasteiger partial charge in [-0.15, -0.1) is 0 Å². The first-order valence-corrected chi connectivity index (χ1v) is 12.8. The van der Waals surface area contributed by atoms with Crippen LogP contribution in [0.25, 0.3) is 0 Å². The highest BCUT2D eigenvalue weighted by atomic mass is 32.2. The lowest BCUT2D eigenvalue weighted by Crippen LogP contribution is -2.24. The van der Waals surface area contributed by atoms with Crippen molar-refractivity contribution in [2.75, 3.05) is 44.7 Å². The smallest absolute Gasteiger partial charge is 0.343 e. The maximum atomic E-state index is 14.1. The van der Waals surface area contributed by atoms with Crippen LogP contribution >= 0.6 is 0 Å². The third kappa shape index (κ3) is 4.56. The fourth-order valence-electron chi connectivity index (χ4n) is 5.22. The van der Waals surface area contributed by atoms with Gasteiger partial charge >= 0.3 is 5.97 Å². The van der Waals surface area contributed by atoms with Gasteiger partial charge in [-0.1, -0.05) is 6.07 Å². The molecule has 2 aromatic carbocycles. The van der Waals surface area contributed by atoms with E-state index in [0.717, 1.165) is 31.5 Å². The number of halogens is 1. The molecule has 9 heteroatoms. The fourth-order valence-corrected chi connectivity index (χ4v) is 6.27. The molecule has 4 atom stereocenters. The van der Waals surface area contributed by atoms with Crippen LogP contribution in [-0.4, -0.2) is 60.1 Å². The minimum atomic E-state index is -1.73. The summed E-state index contributed by atoms with van der Waals surface area (Å²) in [6.07, 6.45) is 2.57. The van der Waals surface area contributed by atoms with Gasteiger partial charge < -0.3 is 24.2 Å². The van der Waals surface area contributed by atoms with Crippen molar-refractivity contribution >= 4 is 22.6 Å². The summed E-state index contributed by atoms with van der Waals surface area (Å²) in [5, 5.41) is 9.18. The molecule has 2 aromatic rings. The summed E-state index contributed by atoms with van der Waals surface area (Å²) in [5.74, 6) is 0.756. The Kier molecular flexibility index (Phi) is 6.59. The molecule has 1 saturated heterocycles. The Hall–Kier alpha value is -2.49. The zero-order valence-electron chi connectivity index (χ0n) is 19.1. The molecule has 2 fully saturated rings. The van der Waals surface area contributed by atoms with Gasteiger partial charge in [-0.2, -0.15) is 0 Å². The Morgan fingerprint density at radius 2 is 2.21 bits per heavy atom. The van der Waals surface area contributed by atoms with Gasteiger partial charge in [0, 0.05) is 19.0 Å². The molecule has 182 valence electrons. The average molecular weight is 489 g/mol. The first kappa shape index (κ1) is 23.3. The van der Waals surface area contributed by atoms with E-state index in [2.05, 4.69) is 9.62 Å². The number of esters is 1. The van der Waals surface area contributed by atoms with Gasteiger partial charge in [0.25, 0.3) is 0 Å². The number of aliphatic hydroxyl groups is 1. The molecule has 0 bridgehead atoms. The number of nitrogens with one attached hydrogen (secondary N) is 1. The van der Waals surface area contributed by atoms with E-state index >= 15 is 0 Å². The van der Waals surface area contributed by atoms with Crippen LogP contribution in [0.15, 0.2) is 35.2 Å². The van der Waals surface area contributed by atoms with Crippen molar-refractivity contribution in [3.63, 3.8) is 0 Å². The number of fused-ring (bicyclic) bond motifs is 3. The summed E-state index contributed by atoms with van der Waals surface area (Å²) in [7, 11) is -0.417. The zero-order chi connectivity index (χ0) is 23.8. The number of likely N-dealkylation sites (tertiary alicyclic amines) is 1. The third-order valence-corrected chi connectivity index (χ3v) is 8.26. The molecular formula is C25H29FN2O5S. The molecule has 1 saturated carbocycles. The molecular weight excluding hydrogens is 459 g/mol. The number of carbonyl (C=O) groups is 1. The molecule has 1 aliphatic carbocycles. The topological polar surface area (TPSA) is 88.1 Å². The van der Waals surface area contributed by atoms with Crippen molar-refractivity contribution in [2.45, 2.75) is 30.1 Å². The number of hydrogen-bond acceptors (Lipinski definition) is 6. The molecule has 5 rings (SSSR count). The minimum Gasteiger partial charge on any atom is -0.492 e. The van der Waals surface area contributed by atoms with Gasteiger partial charge in [0.05, 0.1) is 30.9 Å². The molecule has 2 N–H and O–H groups in total. The van der Waals surface area contributed by atoms with E-state index in [4.69, 9.17) is 9.47 Å². The number of rotatable bonds is 8. The van der Waals surface area contributed by atoms with E-state index in [1.54, 1.807) is 6.07 Å². The summed E-state index contributed by atoms with van der Waals surface area (Å²) in [4.78, 5) is 15.3. The van der Waals surface area contributed by atoms with Crippen molar-refractivity contribution in [1.29, 1.82) is 0 Å². The van der Waals surface area contributed by atoms with Crippen molar-refractivity contribution in [1.82, 2.24) is 4.90 Å². The lowest BCUT2D eigenvalue weighted by atomic mass is 9.98. The monoisotopic (exact) mass is 488 g/mol. The number of ether oxygens (including phenoxy) is 2. The SMILES string of the molecule is COC(=O)c1c(NS(=O)c2ccc(F)cc2CC2CCN(CCO)C2)ccc2c1OCC1CC21. The number of aliphatic hydroxyl groups excluding tert-OH is 1. The Morgan fingerprint density at radius 1 is 1.35 bits per heavy atom. The Morgan fingerprint density at radius 3 is 3.00 bits per heavy atom. The molecule has 4 unspecified atom stereocenters. The number of carbonyl (C=O) groups excluding carboxylic acids is 1. The van der Waals surface area contributed by atoms with Crippen molar-refractivity contribution in [3.8, 4) is 5.75 Å².